The molecule has 0 aliphatic rings. The molecule has 0 bridgehead atoms. The lowest BCUT2D eigenvalue weighted by molar-refractivity contribution is 0.0600. The van der Waals surface area contributed by atoms with Crippen LogP contribution >= 0.6 is 0 Å². The van der Waals surface area contributed by atoms with E-state index in [0.29, 0.717) is 12.1 Å². The number of hydrogen-bond donors (Lipinski definition) is 1. The zero-order valence-corrected chi connectivity index (χ0v) is 9.54. The number of esters is 1. The lowest BCUT2D eigenvalue weighted by Crippen LogP contribution is -2.09. The van der Waals surface area contributed by atoms with Gasteiger partial charge in [-0.2, -0.15) is 0 Å². The van der Waals surface area contributed by atoms with Crippen molar-refractivity contribution < 1.29 is 9.53 Å². The number of carbonyl (C=O) groups is 1. The first-order valence-electron chi connectivity index (χ1n) is 5.07. The summed E-state index contributed by atoms with van der Waals surface area (Å²) in [5, 5.41) is 0. The van der Waals surface area contributed by atoms with Crippen LogP contribution in [0.4, 0.5) is 0 Å². The minimum atomic E-state index is -0.276. The highest BCUT2D eigenvalue weighted by molar-refractivity contribution is 5.91. The third-order valence-electron chi connectivity index (χ3n) is 2.56. The Hall–Kier alpha value is -1.29. The molecule has 0 aliphatic heterocycles. The molecule has 0 saturated carbocycles. The SMILES string of the molecule is COC(=O)c1cc(C)n(CCCN)c1C. The van der Waals surface area contributed by atoms with Gasteiger partial charge in [0, 0.05) is 17.9 Å². The lowest BCUT2D eigenvalue weighted by Gasteiger charge is -2.08. The van der Waals surface area contributed by atoms with Crippen molar-refractivity contribution in [3.05, 3.63) is 23.0 Å². The molecule has 1 rings (SSSR count). The van der Waals surface area contributed by atoms with E-state index < -0.39 is 0 Å². The van der Waals surface area contributed by atoms with Crippen molar-refractivity contribution in [3.8, 4) is 0 Å². The number of rotatable bonds is 4. The molecular formula is C11H18N2O2. The second kappa shape index (κ2) is 4.98. The third kappa shape index (κ3) is 2.39. The fraction of sp³-hybridized carbons (Fsp3) is 0.545. The predicted molar refractivity (Wildman–Crippen MR) is 58.9 cm³/mol. The number of nitrogens with two attached hydrogens (primary N) is 1. The number of ether oxygens (including phenoxy) is 1. The van der Waals surface area contributed by atoms with Crippen molar-refractivity contribution in [2.24, 2.45) is 5.73 Å². The number of aromatic nitrogens is 1. The first kappa shape index (κ1) is 11.8. The molecule has 0 radical (unpaired) electrons. The average molecular weight is 210 g/mol. The topological polar surface area (TPSA) is 57.2 Å². The van der Waals surface area contributed by atoms with Crippen LogP contribution in [0.3, 0.4) is 0 Å². The van der Waals surface area contributed by atoms with Crippen LogP contribution in [0.25, 0.3) is 0 Å². The fourth-order valence-corrected chi connectivity index (χ4v) is 1.71. The lowest BCUT2D eigenvalue weighted by atomic mass is 10.2. The van der Waals surface area contributed by atoms with Gasteiger partial charge in [-0.1, -0.05) is 0 Å². The van der Waals surface area contributed by atoms with Crippen molar-refractivity contribution >= 4 is 5.97 Å². The highest BCUT2D eigenvalue weighted by Crippen LogP contribution is 2.16. The van der Waals surface area contributed by atoms with Crippen molar-refractivity contribution in [2.75, 3.05) is 13.7 Å². The Bertz CT molecular complexity index is 356. The Morgan fingerprint density at radius 1 is 1.53 bits per heavy atom. The van der Waals surface area contributed by atoms with Crippen LogP contribution in [0, 0.1) is 13.8 Å². The van der Waals surface area contributed by atoms with E-state index in [0.717, 1.165) is 24.4 Å². The summed E-state index contributed by atoms with van der Waals surface area (Å²) in [6.07, 6.45) is 0.914. The van der Waals surface area contributed by atoms with Crippen molar-refractivity contribution in [3.63, 3.8) is 0 Å². The summed E-state index contributed by atoms with van der Waals surface area (Å²) in [6, 6.07) is 1.86. The molecule has 0 spiro atoms. The van der Waals surface area contributed by atoms with Crippen LogP contribution in [0.1, 0.15) is 28.2 Å². The fourth-order valence-electron chi connectivity index (χ4n) is 1.71. The van der Waals surface area contributed by atoms with Gasteiger partial charge in [0.2, 0.25) is 0 Å². The Morgan fingerprint density at radius 3 is 2.73 bits per heavy atom. The largest absolute Gasteiger partial charge is 0.465 e. The standard InChI is InChI=1S/C11H18N2O2/c1-8-7-10(11(14)15-3)9(2)13(8)6-4-5-12/h7H,4-6,12H2,1-3H3. The predicted octanol–water partition coefficient (Wildman–Crippen LogP) is 1.24. The molecule has 0 unspecified atom stereocenters. The number of aryl methyl sites for hydroxylation is 1. The van der Waals surface area contributed by atoms with E-state index in [4.69, 9.17) is 10.5 Å². The summed E-state index contributed by atoms with van der Waals surface area (Å²) in [5.41, 5.74) is 8.13. The molecule has 0 saturated heterocycles. The van der Waals surface area contributed by atoms with Gasteiger partial charge >= 0.3 is 5.97 Å². The Balaban J connectivity index is 2.98. The average Bonchev–Trinajstić information content (AvgIpc) is 2.51. The molecule has 2 N–H and O–H groups in total. The Morgan fingerprint density at radius 2 is 2.20 bits per heavy atom. The number of carbonyl (C=O) groups excluding carboxylic acids is 1. The molecular weight excluding hydrogens is 192 g/mol. The zero-order valence-electron chi connectivity index (χ0n) is 9.54. The van der Waals surface area contributed by atoms with Gasteiger partial charge in [0.1, 0.15) is 0 Å². The molecule has 4 heteroatoms. The van der Waals surface area contributed by atoms with Crippen LogP contribution in [-0.4, -0.2) is 24.2 Å². The minimum absolute atomic E-state index is 0.276. The van der Waals surface area contributed by atoms with Gasteiger partial charge in [-0.25, -0.2) is 4.79 Å². The number of methoxy groups -OCH3 is 1. The van der Waals surface area contributed by atoms with Crippen molar-refractivity contribution in [1.29, 1.82) is 0 Å². The van der Waals surface area contributed by atoms with E-state index in [1.165, 1.54) is 7.11 Å². The first-order valence-corrected chi connectivity index (χ1v) is 5.07. The Labute approximate surface area is 90.0 Å². The maximum Gasteiger partial charge on any atom is 0.339 e. The van der Waals surface area contributed by atoms with Gasteiger partial charge in [-0.05, 0) is 32.9 Å². The molecule has 1 aromatic rings. The summed E-state index contributed by atoms with van der Waals surface area (Å²) in [6.45, 7) is 5.42. The van der Waals surface area contributed by atoms with E-state index in [1.807, 2.05) is 19.9 Å². The first-order chi connectivity index (χ1) is 7.11. The van der Waals surface area contributed by atoms with Crippen LogP contribution < -0.4 is 5.73 Å². The highest BCUT2D eigenvalue weighted by atomic mass is 16.5. The second-order valence-corrected chi connectivity index (χ2v) is 3.57. The molecule has 15 heavy (non-hydrogen) atoms. The highest BCUT2D eigenvalue weighted by Gasteiger charge is 2.15. The number of nitrogens with zero attached hydrogens (tertiary/aromatic N) is 1. The van der Waals surface area contributed by atoms with Crippen molar-refractivity contribution in [1.82, 2.24) is 4.57 Å². The van der Waals surface area contributed by atoms with E-state index in [1.54, 1.807) is 0 Å². The zero-order chi connectivity index (χ0) is 11.4. The maximum atomic E-state index is 11.4. The number of hydrogen-bond acceptors (Lipinski definition) is 3. The van der Waals surface area contributed by atoms with Gasteiger partial charge in [0.15, 0.2) is 0 Å². The molecule has 4 nitrogen and oxygen atoms in total. The van der Waals surface area contributed by atoms with E-state index in [2.05, 4.69) is 4.57 Å². The summed E-state index contributed by atoms with van der Waals surface area (Å²) >= 11 is 0. The monoisotopic (exact) mass is 210 g/mol. The van der Waals surface area contributed by atoms with Crippen LogP contribution in [0.2, 0.25) is 0 Å². The molecule has 0 aliphatic carbocycles. The van der Waals surface area contributed by atoms with Gasteiger partial charge in [0.05, 0.1) is 12.7 Å². The van der Waals surface area contributed by atoms with Gasteiger partial charge in [-0.15, -0.1) is 0 Å². The summed E-state index contributed by atoms with van der Waals surface area (Å²) in [7, 11) is 1.40. The van der Waals surface area contributed by atoms with Crippen LogP contribution in [-0.2, 0) is 11.3 Å². The molecule has 0 amide bonds. The Kier molecular flexibility index (Phi) is 3.91. The second-order valence-electron chi connectivity index (χ2n) is 3.57. The molecule has 0 fully saturated rings. The van der Waals surface area contributed by atoms with Gasteiger partial charge < -0.3 is 15.0 Å². The molecule has 84 valence electrons. The third-order valence-corrected chi connectivity index (χ3v) is 2.56. The van der Waals surface area contributed by atoms with Crippen LogP contribution in [0.15, 0.2) is 6.07 Å². The van der Waals surface area contributed by atoms with Gasteiger partial charge in [0.25, 0.3) is 0 Å². The molecule has 1 aromatic heterocycles. The quantitative estimate of drug-likeness (QED) is 0.761. The van der Waals surface area contributed by atoms with E-state index in [-0.39, 0.29) is 5.97 Å². The van der Waals surface area contributed by atoms with E-state index in [9.17, 15) is 4.79 Å². The summed E-state index contributed by atoms with van der Waals surface area (Å²) in [4.78, 5) is 11.4. The van der Waals surface area contributed by atoms with Crippen LogP contribution in [0.5, 0.6) is 0 Å². The van der Waals surface area contributed by atoms with Crippen molar-refractivity contribution in [2.45, 2.75) is 26.8 Å². The smallest absolute Gasteiger partial charge is 0.339 e. The molecule has 1 heterocycles. The minimum Gasteiger partial charge on any atom is -0.465 e. The maximum absolute atomic E-state index is 11.4. The normalized spacial score (nSPS) is 10.4. The molecule has 0 atom stereocenters. The van der Waals surface area contributed by atoms with Gasteiger partial charge in [-0.3, -0.25) is 0 Å². The summed E-state index contributed by atoms with van der Waals surface area (Å²) < 4.78 is 6.81. The van der Waals surface area contributed by atoms with E-state index >= 15 is 0 Å². The molecule has 0 aromatic carbocycles. The summed E-state index contributed by atoms with van der Waals surface area (Å²) in [5.74, 6) is -0.276.